The molecular weight excluding hydrogens is 342 g/mol. The Balaban J connectivity index is 1.96. The molecule has 1 aliphatic heterocycles. The highest BCUT2D eigenvalue weighted by Gasteiger charge is 2.22. The van der Waals surface area contributed by atoms with E-state index in [2.05, 4.69) is 14.9 Å². The Labute approximate surface area is 149 Å². The normalized spacial score (nSPS) is 16.6. The van der Waals surface area contributed by atoms with E-state index in [0.29, 0.717) is 25.3 Å². The summed E-state index contributed by atoms with van der Waals surface area (Å²) in [7, 11) is -3.66. The fourth-order valence-corrected chi connectivity index (χ4v) is 3.98. The summed E-state index contributed by atoms with van der Waals surface area (Å²) in [5.41, 5.74) is -0.256. The van der Waals surface area contributed by atoms with Crippen molar-refractivity contribution in [3.8, 4) is 0 Å². The zero-order chi connectivity index (χ0) is 18.5. The van der Waals surface area contributed by atoms with Crippen molar-refractivity contribution >= 4 is 15.9 Å². The predicted molar refractivity (Wildman–Crippen MR) is 96.1 cm³/mol. The monoisotopic (exact) mass is 369 g/mol. The Morgan fingerprint density at radius 3 is 2.56 bits per heavy atom. The molecule has 0 aromatic heterocycles. The standard InChI is InChI=1S/C17H27N3O4S/c1-17(2,3)19-25(22,23)15-6-4-5-14(13-15)16(21)18-7-8-20-9-11-24-12-10-20/h4-6,13,19H,7-12H2,1-3H3,(H,18,21). The molecule has 1 heterocycles. The smallest absolute Gasteiger partial charge is 0.251 e. The quantitative estimate of drug-likeness (QED) is 0.775. The van der Waals surface area contributed by atoms with Crippen LogP contribution in [0.25, 0.3) is 0 Å². The van der Waals surface area contributed by atoms with Crippen molar-refractivity contribution in [3.05, 3.63) is 29.8 Å². The summed E-state index contributed by atoms with van der Waals surface area (Å²) in [6.07, 6.45) is 0. The SMILES string of the molecule is CC(C)(C)NS(=O)(=O)c1cccc(C(=O)NCCN2CCOCC2)c1. The summed E-state index contributed by atoms with van der Waals surface area (Å²) >= 11 is 0. The van der Waals surface area contributed by atoms with Gasteiger partial charge in [-0.3, -0.25) is 9.69 Å². The number of ether oxygens (including phenoxy) is 1. The summed E-state index contributed by atoms with van der Waals surface area (Å²) in [5.74, 6) is -0.277. The lowest BCUT2D eigenvalue weighted by molar-refractivity contribution is 0.0383. The molecule has 2 rings (SSSR count). The average Bonchev–Trinajstić information content (AvgIpc) is 2.54. The number of amides is 1. The van der Waals surface area contributed by atoms with Gasteiger partial charge in [0.15, 0.2) is 0 Å². The number of rotatable bonds is 6. The molecule has 0 spiro atoms. The fourth-order valence-electron chi connectivity index (χ4n) is 2.52. The summed E-state index contributed by atoms with van der Waals surface area (Å²) in [4.78, 5) is 14.6. The number of hydrogen-bond donors (Lipinski definition) is 2. The molecule has 0 atom stereocenters. The highest BCUT2D eigenvalue weighted by molar-refractivity contribution is 7.89. The largest absolute Gasteiger partial charge is 0.379 e. The van der Waals surface area contributed by atoms with Gasteiger partial charge in [0.2, 0.25) is 10.0 Å². The first kappa shape index (κ1) is 19.8. The molecule has 1 saturated heterocycles. The Bertz CT molecular complexity index is 692. The van der Waals surface area contributed by atoms with Gasteiger partial charge in [-0.1, -0.05) is 6.07 Å². The van der Waals surface area contributed by atoms with Gasteiger partial charge in [-0.15, -0.1) is 0 Å². The molecule has 0 saturated carbocycles. The van der Waals surface area contributed by atoms with E-state index in [4.69, 9.17) is 4.74 Å². The molecule has 0 bridgehead atoms. The average molecular weight is 369 g/mol. The van der Waals surface area contributed by atoms with Crippen LogP contribution in [0.3, 0.4) is 0 Å². The molecule has 140 valence electrons. The van der Waals surface area contributed by atoms with Gasteiger partial charge in [-0.05, 0) is 39.0 Å². The molecule has 1 aliphatic rings. The zero-order valence-electron chi connectivity index (χ0n) is 15.0. The second-order valence-electron chi connectivity index (χ2n) is 7.09. The molecule has 2 N–H and O–H groups in total. The third-order valence-corrected chi connectivity index (χ3v) is 5.42. The highest BCUT2D eigenvalue weighted by atomic mass is 32.2. The van der Waals surface area contributed by atoms with Gasteiger partial charge in [-0.2, -0.15) is 0 Å². The number of hydrogen-bond acceptors (Lipinski definition) is 5. The van der Waals surface area contributed by atoms with Gasteiger partial charge in [-0.25, -0.2) is 13.1 Å². The first-order valence-corrected chi connectivity index (χ1v) is 9.88. The Morgan fingerprint density at radius 2 is 1.92 bits per heavy atom. The number of nitrogens with zero attached hydrogens (tertiary/aromatic N) is 1. The number of nitrogens with one attached hydrogen (secondary N) is 2. The second kappa shape index (κ2) is 8.27. The van der Waals surface area contributed by atoms with Crippen LogP contribution in [-0.4, -0.2) is 64.2 Å². The lowest BCUT2D eigenvalue weighted by Crippen LogP contribution is -2.41. The van der Waals surface area contributed by atoms with Gasteiger partial charge in [0.25, 0.3) is 5.91 Å². The van der Waals surface area contributed by atoms with Crippen molar-refractivity contribution in [2.24, 2.45) is 0 Å². The summed E-state index contributed by atoms with van der Waals surface area (Å²) in [6.45, 7) is 9.73. The molecule has 25 heavy (non-hydrogen) atoms. The van der Waals surface area contributed by atoms with Crippen molar-refractivity contribution in [2.45, 2.75) is 31.2 Å². The van der Waals surface area contributed by atoms with Crippen LogP contribution in [0.2, 0.25) is 0 Å². The number of morpholine rings is 1. The van der Waals surface area contributed by atoms with Gasteiger partial charge in [0.1, 0.15) is 0 Å². The molecule has 1 aromatic carbocycles. The van der Waals surface area contributed by atoms with Crippen LogP contribution in [0, 0.1) is 0 Å². The third kappa shape index (κ3) is 6.39. The van der Waals surface area contributed by atoms with E-state index in [0.717, 1.165) is 19.6 Å². The van der Waals surface area contributed by atoms with Crippen LogP contribution >= 0.6 is 0 Å². The van der Waals surface area contributed by atoms with Crippen LogP contribution in [-0.2, 0) is 14.8 Å². The van der Waals surface area contributed by atoms with E-state index in [-0.39, 0.29) is 10.8 Å². The first-order chi connectivity index (χ1) is 11.7. The van der Waals surface area contributed by atoms with Gasteiger partial charge in [0, 0.05) is 37.3 Å². The van der Waals surface area contributed by atoms with Crippen LogP contribution < -0.4 is 10.0 Å². The molecule has 7 nitrogen and oxygen atoms in total. The Hall–Kier alpha value is -1.48. The maximum absolute atomic E-state index is 12.4. The van der Waals surface area contributed by atoms with Crippen molar-refractivity contribution in [1.82, 2.24) is 14.9 Å². The number of carbonyl (C=O) groups excluding carboxylic acids is 1. The van der Waals surface area contributed by atoms with Gasteiger partial charge in [0.05, 0.1) is 18.1 Å². The van der Waals surface area contributed by atoms with E-state index in [1.807, 2.05) is 0 Å². The molecule has 8 heteroatoms. The predicted octanol–water partition coefficient (Wildman–Crippen LogP) is 0.825. The van der Waals surface area contributed by atoms with Gasteiger partial charge >= 0.3 is 0 Å². The number of sulfonamides is 1. The summed E-state index contributed by atoms with van der Waals surface area (Å²) in [5, 5.41) is 2.84. The van der Waals surface area contributed by atoms with Crippen LogP contribution in [0.1, 0.15) is 31.1 Å². The minimum atomic E-state index is -3.66. The van der Waals surface area contributed by atoms with Crippen molar-refractivity contribution in [2.75, 3.05) is 39.4 Å². The Morgan fingerprint density at radius 1 is 1.24 bits per heavy atom. The summed E-state index contributed by atoms with van der Waals surface area (Å²) < 4.78 is 32.6. The van der Waals surface area contributed by atoms with Crippen LogP contribution in [0.5, 0.6) is 0 Å². The maximum Gasteiger partial charge on any atom is 0.251 e. The molecule has 1 aromatic rings. The molecule has 0 unspecified atom stereocenters. The third-order valence-electron chi connectivity index (χ3n) is 3.66. The molecule has 0 aliphatic carbocycles. The molecule has 1 amide bonds. The summed E-state index contributed by atoms with van der Waals surface area (Å²) in [6, 6.07) is 6.07. The fraction of sp³-hybridized carbons (Fsp3) is 0.588. The van der Waals surface area contributed by atoms with Crippen LogP contribution in [0.4, 0.5) is 0 Å². The van der Waals surface area contributed by atoms with Crippen LogP contribution in [0.15, 0.2) is 29.2 Å². The van der Waals surface area contributed by atoms with E-state index >= 15 is 0 Å². The molecular formula is C17H27N3O4S. The minimum Gasteiger partial charge on any atom is -0.379 e. The van der Waals surface area contributed by atoms with E-state index < -0.39 is 15.6 Å². The van der Waals surface area contributed by atoms with E-state index in [1.165, 1.54) is 12.1 Å². The zero-order valence-corrected chi connectivity index (χ0v) is 15.9. The topological polar surface area (TPSA) is 87.7 Å². The highest BCUT2D eigenvalue weighted by Crippen LogP contribution is 2.14. The van der Waals surface area contributed by atoms with E-state index in [9.17, 15) is 13.2 Å². The molecule has 0 radical (unpaired) electrons. The Kier molecular flexibility index (Phi) is 6.56. The van der Waals surface area contributed by atoms with Crippen molar-refractivity contribution in [3.63, 3.8) is 0 Å². The number of carbonyl (C=O) groups is 1. The first-order valence-electron chi connectivity index (χ1n) is 8.40. The van der Waals surface area contributed by atoms with Crippen molar-refractivity contribution < 1.29 is 17.9 Å². The lowest BCUT2D eigenvalue weighted by Gasteiger charge is -2.26. The van der Waals surface area contributed by atoms with E-state index in [1.54, 1.807) is 32.9 Å². The van der Waals surface area contributed by atoms with Gasteiger partial charge < -0.3 is 10.1 Å². The maximum atomic E-state index is 12.4. The lowest BCUT2D eigenvalue weighted by atomic mass is 10.1. The second-order valence-corrected chi connectivity index (χ2v) is 8.78. The minimum absolute atomic E-state index is 0.0863. The molecule has 1 fully saturated rings. The van der Waals surface area contributed by atoms with Crippen molar-refractivity contribution in [1.29, 1.82) is 0 Å². The number of benzene rings is 1.